The fourth-order valence-corrected chi connectivity index (χ4v) is 4.57. The van der Waals surface area contributed by atoms with E-state index in [1.807, 2.05) is 30.0 Å². The molecule has 114 valence electrons. The number of thioether (sulfide) groups is 1. The zero-order valence-electron chi connectivity index (χ0n) is 12.0. The molecule has 1 saturated carbocycles. The molecule has 1 amide bonds. The summed E-state index contributed by atoms with van der Waals surface area (Å²) in [7, 11) is 0. The van der Waals surface area contributed by atoms with Crippen LogP contribution in [0.25, 0.3) is 0 Å². The number of nitrogens with one attached hydrogen (secondary N) is 1. The lowest BCUT2D eigenvalue weighted by Gasteiger charge is -2.31. The molecular weight excluding hydrogens is 304 g/mol. The van der Waals surface area contributed by atoms with Crippen LogP contribution in [0.2, 0.25) is 5.02 Å². The number of hydrogen-bond acceptors (Lipinski definition) is 3. The van der Waals surface area contributed by atoms with Gasteiger partial charge >= 0.3 is 0 Å². The summed E-state index contributed by atoms with van der Waals surface area (Å²) in [5, 5.41) is 3.94. The minimum atomic E-state index is -0.0315. The molecule has 3 nitrogen and oxygen atoms in total. The molecule has 0 spiro atoms. The Hall–Kier alpha value is -0.710. The van der Waals surface area contributed by atoms with Crippen LogP contribution in [0.15, 0.2) is 23.1 Å². The van der Waals surface area contributed by atoms with Gasteiger partial charge in [-0.3, -0.25) is 4.79 Å². The number of carbonyl (C=O) groups excluding carboxylic acids is 1. The van der Waals surface area contributed by atoms with E-state index in [1.165, 1.54) is 4.90 Å². The summed E-state index contributed by atoms with van der Waals surface area (Å²) in [5.74, 6) is 1.11. The van der Waals surface area contributed by atoms with Crippen molar-refractivity contribution in [3.63, 3.8) is 0 Å². The van der Waals surface area contributed by atoms with Crippen molar-refractivity contribution in [1.29, 1.82) is 0 Å². The zero-order valence-corrected chi connectivity index (χ0v) is 13.6. The molecule has 1 heterocycles. The number of fused-ring (bicyclic) bond motifs is 1. The van der Waals surface area contributed by atoms with Gasteiger partial charge in [0.05, 0.1) is 12.0 Å². The Labute approximate surface area is 135 Å². The molecule has 3 atom stereocenters. The van der Waals surface area contributed by atoms with Gasteiger partial charge in [-0.05, 0) is 43.0 Å². The predicted octanol–water partition coefficient (Wildman–Crippen LogP) is 3.51. The van der Waals surface area contributed by atoms with E-state index in [9.17, 15) is 4.79 Å². The summed E-state index contributed by atoms with van der Waals surface area (Å²) < 4.78 is 0. The summed E-state index contributed by atoms with van der Waals surface area (Å²) in [6.45, 7) is 0. The van der Waals surface area contributed by atoms with Crippen LogP contribution in [0.5, 0.6) is 0 Å². The molecule has 0 saturated heterocycles. The maximum absolute atomic E-state index is 12.5. The third kappa shape index (κ3) is 3.38. The van der Waals surface area contributed by atoms with Crippen molar-refractivity contribution in [2.45, 2.75) is 49.1 Å². The third-order valence-corrected chi connectivity index (χ3v) is 5.84. The van der Waals surface area contributed by atoms with Gasteiger partial charge in [-0.2, -0.15) is 0 Å². The molecule has 21 heavy (non-hydrogen) atoms. The Balaban J connectivity index is 1.74. The summed E-state index contributed by atoms with van der Waals surface area (Å²) in [4.78, 5) is 13.8. The molecule has 0 radical (unpaired) electrons. The SMILES string of the molecule is NC1CCCCC1C(=O)NC1CCSc2ccc(Cl)cc21. The highest BCUT2D eigenvalue weighted by Gasteiger charge is 2.31. The molecule has 2 aliphatic rings. The Kier molecular flexibility index (Phi) is 4.77. The van der Waals surface area contributed by atoms with Gasteiger partial charge in [0.2, 0.25) is 5.91 Å². The highest BCUT2D eigenvalue weighted by Crippen LogP contribution is 2.38. The molecule has 3 N–H and O–H groups in total. The van der Waals surface area contributed by atoms with E-state index in [1.54, 1.807) is 0 Å². The minimum Gasteiger partial charge on any atom is -0.349 e. The van der Waals surface area contributed by atoms with Crippen molar-refractivity contribution < 1.29 is 4.79 Å². The van der Waals surface area contributed by atoms with Crippen LogP contribution in [-0.4, -0.2) is 17.7 Å². The molecule has 3 unspecified atom stereocenters. The van der Waals surface area contributed by atoms with Crippen molar-refractivity contribution in [1.82, 2.24) is 5.32 Å². The topological polar surface area (TPSA) is 55.1 Å². The van der Waals surface area contributed by atoms with E-state index in [0.29, 0.717) is 0 Å². The molecule has 1 fully saturated rings. The Morgan fingerprint density at radius 2 is 2.10 bits per heavy atom. The molecule has 1 aromatic carbocycles. The Bertz CT molecular complexity index is 537. The molecule has 1 aliphatic carbocycles. The van der Waals surface area contributed by atoms with Gasteiger partial charge in [-0.1, -0.05) is 24.4 Å². The summed E-state index contributed by atoms with van der Waals surface area (Å²) in [6.07, 6.45) is 5.07. The fraction of sp³-hybridized carbons (Fsp3) is 0.562. The quantitative estimate of drug-likeness (QED) is 0.875. The number of carbonyl (C=O) groups is 1. The van der Waals surface area contributed by atoms with E-state index >= 15 is 0 Å². The van der Waals surface area contributed by atoms with Gasteiger partial charge in [0, 0.05) is 21.7 Å². The van der Waals surface area contributed by atoms with Crippen LogP contribution in [0.1, 0.15) is 43.7 Å². The zero-order chi connectivity index (χ0) is 14.8. The molecule has 3 rings (SSSR count). The number of amides is 1. The number of hydrogen-bond donors (Lipinski definition) is 2. The number of rotatable bonds is 2. The van der Waals surface area contributed by atoms with Crippen molar-refractivity contribution in [2.24, 2.45) is 11.7 Å². The highest BCUT2D eigenvalue weighted by atomic mass is 35.5. The van der Waals surface area contributed by atoms with Gasteiger partial charge in [0.25, 0.3) is 0 Å². The first-order valence-electron chi connectivity index (χ1n) is 7.63. The van der Waals surface area contributed by atoms with Crippen LogP contribution in [-0.2, 0) is 4.79 Å². The molecule has 0 aromatic heterocycles. The van der Waals surface area contributed by atoms with Crippen LogP contribution in [0, 0.1) is 5.92 Å². The smallest absolute Gasteiger partial charge is 0.225 e. The van der Waals surface area contributed by atoms with Crippen molar-refractivity contribution in [3.05, 3.63) is 28.8 Å². The average molecular weight is 325 g/mol. The Morgan fingerprint density at radius 3 is 2.90 bits per heavy atom. The molecule has 1 aromatic rings. The summed E-state index contributed by atoms with van der Waals surface area (Å²) >= 11 is 7.94. The van der Waals surface area contributed by atoms with E-state index in [-0.39, 0.29) is 23.9 Å². The second-order valence-corrected chi connectivity index (χ2v) is 7.51. The average Bonchev–Trinajstić information content (AvgIpc) is 2.48. The van der Waals surface area contributed by atoms with Crippen molar-refractivity contribution in [3.8, 4) is 0 Å². The maximum Gasteiger partial charge on any atom is 0.225 e. The first kappa shape index (κ1) is 15.2. The van der Waals surface area contributed by atoms with Gasteiger partial charge in [0.1, 0.15) is 0 Å². The molecule has 1 aliphatic heterocycles. The minimum absolute atomic E-state index is 0.00977. The standard InChI is InChI=1S/C16H21ClN2OS/c17-10-5-6-15-12(9-10)14(7-8-21-15)19-16(20)11-3-1-2-4-13(11)18/h5-6,9,11,13-14H,1-4,7-8,18H2,(H,19,20). The largest absolute Gasteiger partial charge is 0.349 e. The number of halogens is 1. The second-order valence-electron chi connectivity index (χ2n) is 5.94. The van der Waals surface area contributed by atoms with E-state index in [4.69, 9.17) is 17.3 Å². The first-order valence-corrected chi connectivity index (χ1v) is 8.99. The van der Waals surface area contributed by atoms with Gasteiger partial charge in [0.15, 0.2) is 0 Å². The third-order valence-electron chi connectivity index (χ3n) is 4.48. The lowest BCUT2D eigenvalue weighted by Crippen LogP contribution is -2.45. The molecular formula is C16H21ClN2OS. The highest BCUT2D eigenvalue weighted by molar-refractivity contribution is 7.99. The normalized spacial score (nSPS) is 28.8. The monoisotopic (exact) mass is 324 g/mol. The van der Waals surface area contributed by atoms with Gasteiger partial charge < -0.3 is 11.1 Å². The summed E-state index contributed by atoms with van der Waals surface area (Å²) in [6, 6.07) is 6.02. The Morgan fingerprint density at radius 1 is 1.29 bits per heavy atom. The second kappa shape index (κ2) is 6.59. The maximum atomic E-state index is 12.5. The van der Waals surface area contributed by atoms with Crippen LogP contribution in [0.4, 0.5) is 0 Å². The summed E-state index contributed by atoms with van der Waals surface area (Å²) in [5.41, 5.74) is 7.27. The van der Waals surface area contributed by atoms with Gasteiger partial charge in [-0.15, -0.1) is 11.8 Å². The first-order chi connectivity index (χ1) is 10.1. The lowest BCUT2D eigenvalue weighted by atomic mass is 9.84. The fourth-order valence-electron chi connectivity index (χ4n) is 3.28. The van der Waals surface area contributed by atoms with Gasteiger partial charge in [-0.25, -0.2) is 0 Å². The number of nitrogens with two attached hydrogens (primary N) is 1. The van der Waals surface area contributed by atoms with E-state index in [2.05, 4.69) is 5.32 Å². The number of benzene rings is 1. The van der Waals surface area contributed by atoms with E-state index in [0.717, 1.165) is 48.4 Å². The lowest BCUT2D eigenvalue weighted by molar-refractivity contribution is -0.127. The molecule has 0 bridgehead atoms. The predicted molar refractivity (Wildman–Crippen MR) is 87.6 cm³/mol. The van der Waals surface area contributed by atoms with Crippen molar-refractivity contribution in [2.75, 3.05) is 5.75 Å². The van der Waals surface area contributed by atoms with Crippen molar-refractivity contribution >= 4 is 29.3 Å². The van der Waals surface area contributed by atoms with E-state index < -0.39 is 0 Å². The molecule has 5 heteroatoms. The van der Waals surface area contributed by atoms with Crippen LogP contribution < -0.4 is 11.1 Å². The van der Waals surface area contributed by atoms with Crippen LogP contribution >= 0.6 is 23.4 Å². The van der Waals surface area contributed by atoms with Crippen LogP contribution in [0.3, 0.4) is 0 Å².